The van der Waals surface area contributed by atoms with Gasteiger partial charge >= 0.3 is 24.1 Å². The van der Waals surface area contributed by atoms with E-state index in [1.54, 1.807) is 51.1 Å². The lowest BCUT2D eigenvalue weighted by Gasteiger charge is -2.33. The summed E-state index contributed by atoms with van der Waals surface area (Å²) >= 11 is 0. The first-order valence-corrected chi connectivity index (χ1v) is 11.9. The molecule has 0 spiro atoms. The number of alkyl halides is 3. The number of nitrogens with zero attached hydrogens (tertiary/aromatic N) is 1. The molecule has 0 bridgehead atoms. The molecule has 2 aromatic carbocycles. The molecule has 39 heavy (non-hydrogen) atoms. The van der Waals surface area contributed by atoms with Crippen molar-refractivity contribution in [3.63, 3.8) is 0 Å². The number of hydrogen-bond acceptors (Lipinski definition) is 6. The highest BCUT2D eigenvalue weighted by Crippen LogP contribution is 2.40. The standard InChI is InChI=1S/C26H28F4N2O7/c1-25(2,3)39-24(37)31-17-11-16-15(9-18(17)33)10-19(38-13-14-7-5-4-6-8-14)22(21(16)27)32(12-20(34)35)23(36)26(28,29)30/h4-8,10,17-18,33H,9,11-13H2,1-3H3,(H,31,37)(H,34,35)/t17-,18-/m0/s1. The Kier molecular flexibility index (Phi) is 8.74. The van der Waals surface area contributed by atoms with Crippen LogP contribution in [-0.2, 0) is 33.8 Å². The Balaban J connectivity index is 2.08. The summed E-state index contributed by atoms with van der Waals surface area (Å²) < 4.78 is 67.1. The molecule has 212 valence electrons. The highest BCUT2D eigenvalue weighted by atomic mass is 19.4. The Morgan fingerprint density at radius 3 is 2.31 bits per heavy atom. The molecule has 0 heterocycles. The van der Waals surface area contributed by atoms with Gasteiger partial charge in [-0.2, -0.15) is 13.2 Å². The lowest BCUT2D eigenvalue weighted by Crippen LogP contribution is -2.50. The van der Waals surface area contributed by atoms with Crippen molar-refractivity contribution >= 4 is 23.7 Å². The van der Waals surface area contributed by atoms with Gasteiger partial charge < -0.3 is 25.0 Å². The lowest BCUT2D eigenvalue weighted by atomic mass is 9.85. The van der Waals surface area contributed by atoms with Crippen LogP contribution < -0.4 is 15.0 Å². The molecule has 0 unspecified atom stereocenters. The molecule has 1 aliphatic carbocycles. The van der Waals surface area contributed by atoms with E-state index >= 15 is 4.39 Å². The van der Waals surface area contributed by atoms with E-state index in [4.69, 9.17) is 9.47 Å². The molecule has 9 nitrogen and oxygen atoms in total. The molecule has 3 N–H and O–H groups in total. The fourth-order valence-corrected chi connectivity index (χ4v) is 4.08. The third kappa shape index (κ3) is 7.59. The van der Waals surface area contributed by atoms with Crippen LogP contribution in [0.25, 0.3) is 0 Å². The topological polar surface area (TPSA) is 125 Å². The molecule has 2 aromatic rings. The van der Waals surface area contributed by atoms with Gasteiger partial charge in [-0.05, 0) is 49.9 Å². The van der Waals surface area contributed by atoms with Crippen molar-refractivity contribution in [3.05, 3.63) is 58.9 Å². The van der Waals surface area contributed by atoms with Crippen molar-refractivity contribution < 1.29 is 51.6 Å². The minimum absolute atomic E-state index is 0.156. The molecule has 1 aliphatic rings. The first-order chi connectivity index (χ1) is 18.1. The van der Waals surface area contributed by atoms with E-state index in [1.807, 2.05) is 0 Å². The monoisotopic (exact) mass is 556 g/mol. The Morgan fingerprint density at radius 1 is 1.10 bits per heavy atom. The number of rotatable bonds is 7. The van der Waals surface area contributed by atoms with Crippen LogP contribution in [0.1, 0.15) is 37.5 Å². The van der Waals surface area contributed by atoms with E-state index in [9.17, 15) is 37.8 Å². The Hall–Kier alpha value is -3.87. The Morgan fingerprint density at radius 2 is 1.74 bits per heavy atom. The van der Waals surface area contributed by atoms with Crippen LogP contribution >= 0.6 is 0 Å². The predicted octanol–water partition coefficient (Wildman–Crippen LogP) is 3.74. The molecule has 0 saturated heterocycles. The summed E-state index contributed by atoms with van der Waals surface area (Å²) in [6.07, 6.45) is -8.25. The lowest BCUT2D eigenvalue weighted by molar-refractivity contribution is -0.171. The first-order valence-electron chi connectivity index (χ1n) is 11.9. The minimum Gasteiger partial charge on any atom is -0.487 e. The van der Waals surface area contributed by atoms with E-state index < -0.39 is 65.7 Å². The Labute approximate surface area is 221 Å². The van der Waals surface area contributed by atoms with Crippen LogP contribution in [0.3, 0.4) is 0 Å². The maximum absolute atomic E-state index is 16.0. The zero-order valence-electron chi connectivity index (χ0n) is 21.3. The first kappa shape index (κ1) is 29.7. The van der Waals surface area contributed by atoms with Gasteiger partial charge in [-0.1, -0.05) is 30.3 Å². The molecule has 13 heteroatoms. The van der Waals surface area contributed by atoms with E-state index in [0.29, 0.717) is 5.56 Å². The van der Waals surface area contributed by atoms with Gasteiger partial charge in [0.25, 0.3) is 0 Å². The van der Waals surface area contributed by atoms with Gasteiger partial charge in [-0.3, -0.25) is 14.5 Å². The summed E-state index contributed by atoms with van der Waals surface area (Å²) in [6.45, 7) is 3.08. The summed E-state index contributed by atoms with van der Waals surface area (Å²) in [6, 6.07) is 8.42. The number of nitrogens with one attached hydrogen (secondary N) is 1. The normalized spacial score (nSPS) is 17.1. The second-order valence-corrected chi connectivity index (χ2v) is 9.96. The number of amides is 2. The van der Waals surface area contributed by atoms with Crippen LogP contribution in [0, 0.1) is 5.82 Å². The third-order valence-electron chi connectivity index (χ3n) is 5.71. The summed E-state index contributed by atoms with van der Waals surface area (Å²) in [5.74, 6) is -6.27. The molecule has 0 fully saturated rings. The van der Waals surface area contributed by atoms with Gasteiger partial charge in [0.1, 0.15) is 30.2 Å². The molecule has 0 saturated carbocycles. The molecule has 0 aliphatic heterocycles. The maximum atomic E-state index is 16.0. The molecule has 0 radical (unpaired) electrons. The second kappa shape index (κ2) is 11.5. The summed E-state index contributed by atoms with van der Waals surface area (Å²) in [5.41, 5.74) is -1.38. The van der Waals surface area contributed by atoms with Crippen molar-refractivity contribution in [3.8, 4) is 5.75 Å². The number of aliphatic hydroxyl groups excluding tert-OH is 1. The van der Waals surface area contributed by atoms with Crippen molar-refractivity contribution in [1.82, 2.24) is 5.32 Å². The number of carboxylic acid groups (broad SMARTS) is 1. The summed E-state index contributed by atoms with van der Waals surface area (Å²) in [4.78, 5) is 35.7. The number of anilines is 1. The van der Waals surface area contributed by atoms with Gasteiger partial charge in [0.15, 0.2) is 5.82 Å². The fourth-order valence-electron chi connectivity index (χ4n) is 4.08. The number of aliphatic hydroxyl groups is 1. The highest BCUT2D eigenvalue weighted by molar-refractivity contribution is 6.02. The smallest absolute Gasteiger partial charge is 0.471 e. The summed E-state index contributed by atoms with van der Waals surface area (Å²) in [7, 11) is 0. The van der Waals surface area contributed by atoms with Gasteiger partial charge in [-0.15, -0.1) is 0 Å². The van der Waals surface area contributed by atoms with E-state index in [0.717, 1.165) is 0 Å². The Bertz CT molecular complexity index is 1230. The van der Waals surface area contributed by atoms with Crippen LogP contribution in [0.5, 0.6) is 5.75 Å². The number of carboxylic acids is 1. The number of ether oxygens (including phenoxy) is 2. The molecule has 3 rings (SSSR count). The van der Waals surface area contributed by atoms with E-state index in [1.165, 1.54) is 6.07 Å². The number of hydrogen-bond donors (Lipinski definition) is 3. The number of benzene rings is 2. The number of fused-ring (bicyclic) bond motifs is 1. The minimum atomic E-state index is -5.52. The number of carbonyl (C=O) groups excluding carboxylic acids is 2. The van der Waals surface area contributed by atoms with Crippen molar-refractivity contribution in [2.45, 2.75) is 64.1 Å². The molecular formula is C26H28F4N2O7. The van der Waals surface area contributed by atoms with Crippen LogP contribution in [0.2, 0.25) is 0 Å². The van der Waals surface area contributed by atoms with Gasteiger partial charge in [0.2, 0.25) is 0 Å². The van der Waals surface area contributed by atoms with Crippen LogP contribution in [0.4, 0.5) is 28.0 Å². The second-order valence-electron chi connectivity index (χ2n) is 9.96. The zero-order chi connectivity index (χ0) is 29.1. The summed E-state index contributed by atoms with van der Waals surface area (Å²) in [5, 5.41) is 22.3. The van der Waals surface area contributed by atoms with E-state index in [-0.39, 0.29) is 35.5 Å². The number of halogens is 4. The molecule has 2 amide bonds. The van der Waals surface area contributed by atoms with Crippen molar-refractivity contribution in [1.29, 1.82) is 0 Å². The van der Waals surface area contributed by atoms with Gasteiger partial charge in [-0.25, -0.2) is 9.18 Å². The SMILES string of the molecule is CC(C)(C)OC(=O)N[C@H]1Cc2c(cc(OCc3ccccc3)c(N(CC(=O)O)C(=O)C(F)(F)F)c2F)C[C@@H]1O. The molecular weight excluding hydrogens is 528 g/mol. The predicted molar refractivity (Wildman–Crippen MR) is 130 cm³/mol. The van der Waals surface area contributed by atoms with Gasteiger partial charge in [0.05, 0.1) is 12.1 Å². The van der Waals surface area contributed by atoms with Crippen LogP contribution in [-0.4, -0.2) is 58.7 Å². The highest BCUT2D eigenvalue weighted by Gasteiger charge is 2.46. The average molecular weight is 557 g/mol. The quantitative estimate of drug-likeness (QED) is 0.444. The number of carbonyl (C=O) groups is 3. The average Bonchev–Trinajstić information content (AvgIpc) is 2.81. The third-order valence-corrected chi connectivity index (χ3v) is 5.71. The van der Waals surface area contributed by atoms with Crippen molar-refractivity contribution in [2.24, 2.45) is 0 Å². The number of aliphatic carboxylic acids is 1. The molecule has 0 aromatic heterocycles. The number of alkyl carbamates (subject to hydrolysis) is 1. The maximum Gasteiger partial charge on any atom is 0.471 e. The van der Waals surface area contributed by atoms with Crippen molar-refractivity contribution in [2.75, 3.05) is 11.4 Å². The van der Waals surface area contributed by atoms with Crippen LogP contribution in [0.15, 0.2) is 36.4 Å². The van der Waals surface area contributed by atoms with Gasteiger partial charge in [0, 0.05) is 6.42 Å². The zero-order valence-corrected chi connectivity index (χ0v) is 21.3. The largest absolute Gasteiger partial charge is 0.487 e. The fraction of sp³-hybridized carbons (Fsp3) is 0.423. The van der Waals surface area contributed by atoms with E-state index in [2.05, 4.69) is 5.32 Å². The molecule has 2 atom stereocenters.